The van der Waals surface area contributed by atoms with Gasteiger partial charge in [0.05, 0.1) is 24.8 Å². The minimum atomic E-state index is -4.26. The molecule has 11 heteroatoms. The molecule has 4 aromatic carbocycles. The monoisotopic (exact) mass is 663 g/mol. The van der Waals surface area contributed by atoms with Crippen molar-refractivity contribution in [1.82, 2.24) is 10.2 Å². The zero-order valence-electron chi connectivity index (χ0n) is 26.1. The fraction of sp³-hybridized carbons (Fsp3) is 0.257. The molecule has 1 atom stereocenters. The second-order valence-corrected chi connectivity index (χ2v) is 12.8. The van der Waals surface area contributed by atoms with Crippen LogP contribution in [0.5, 0.6) is 11.5 Å². The molecule has 0 aliphatic carbocycles. The maximum absolute atomic E-state index is 14.5. The predicted octanol–water partition coefficient (Wildman–Crippen LogP) is 5.72. The van der Waals surface area contributed by atoms with E-state index in [4.69, 9.17) is 21.1 Å². The molecule has 1 N–H and O–H groups in total. The van der Waals surface area contributed by atoms with E-state index >= 15 is 0 Å². The summed E-state index contributed by atoms with van der Waals surface area (Å²) >= 11 is 6.30. The van der Waals surface area contributed by atoms with E-state index in [0.717, 1.165) is 9.87 Å². The number of sulfonamides is 1. The first-order valence-electron chi connectivity index (χ1n) is 14.8. The van der Waals surface area contributed by atoms with Crippen molar-refractivity contribution in [2.24, 2.45) is 0 Å². The van der Waals surface area contributed by atoms with E-state index in [-0.39, 0.29) is 35.2 Å². The third-order valence-electron chi connectivity index (χ3n) is 7.33. The number of nitrogens with zero attached hydrogens (tertiary/aromatic N) is 2. The van der Waals surface area contributed by atoms with Crippen molar-refractivity contribution in [2.75, 3.05) is 31.6 Å². The third kappa shape index (κ3) is 8.58. The molecule has 0 aromatic heterocycles. The first kappa shape index (κ1) is 34.3. The van der Waals surface area contributed by atoms with Gasteiger partial charge in [0.15, 0.2) is 11.5 Å². The van der Waals surface area contributed by atoms with Gasteiger partial charge in [-0.05, 0) is 53.9 Å². The van der Waals surface area contributed by atoms with Gasteiger partial charge in [0, 0.05) is 30.6 Å². The molecule has 4 rings (SSSR count). The first-order valence-corrected chi connectivity index (χ1v) is 16.6. The first-order chi connectivity index (χ1) is 22.2. The van der Waals surface area contributed by atoms with Gasteiger partial charge in [-0.1, -0.05) is 79.2 Å². The summed E-state index contributed by atoms with van der Waals surface area (Å²) in [4.78, 5) is 29.7. The molecule has 0 fully saturated rings. The SMILES string of the molecule is CCCNC(=O)[C@@H](Cc1ccccc1)N(Cc1cccc(Cl)c1)C(=O)CN(c1ccc(OC)c(OC)c1)S(=O)(=O)c1ccccc1. The summed E-state index contributed by atoms with van der Waals surface area (Å²) in [5.41, 5.74) is 1.72. The molecule has 0 radical (unpaired) electrons. The van der Waals surface area contributed by atoms with Crippen LogP contribution < -0.4 is 19.1 Å². The molecule has 9 nitrogen and oxygen atoms in total. The van der Waals surface area contributed by atoms with E-state index in [1.807, 2.05) is 43.3 Å². The van der Waals surface area contributed by atoms with Crippen molar-refractivity contribution in [3.63, 3.8) is 0 Å². The number of nitrogens with one attached hydrogen (secondary N) is 1. The molecule has 0 aliphatic heterocycles. The summed E-state index contributed by atoms with van der Waals surface area (Å²) in [6, 6.07) is 27.9. The van der Waals surface area contributed by atoms with E-state index in [1.54, 1.807) is 48.5 Å². The number of ether oxygens (including phenoxy) is 2. The summed E-state index contributed by atoms with van der Waals surface area (Å²) in [6.45, 7) is 1.78. The number of hydrogen-bond acceptors (Lipinski definition) is 6. The quantitative estimate of drug-likeness (QED) is 0.175. The van der Waals surface area contributed by atoms with Crippen molar-refractivity contribution >= 4 is 39.1 Å². The Bertz CT molecular complexity index is 1720. The minimum absolute atomic E-state index is 0.000463. The summed E-state index contributed by atoms with van der Waals surface area (Å²) in [5.74, 6) is -0.239. The zero-order valence-corrected chi connectivity index (χ0v) is 27.6. The average molecular weight is 664 g/mol. The van der Waals surface area contributed by atoms with Gasteiger partial charge in [0.1, 0.15) is 12.6 Å². The van der Waals surface area contributed by atoms with Crippen LogP contribution in [0.2, 0.25) is 5.02 Å². The number of benzene rings is 4. The molecule has 0 spiro atoms. The Morgan fingerprint density at radius 3 is 2.11 bits per heavy atom. The van der Waals surface area contributed by atoms with E-state index < -0.39 is 28.5 Å². The van der Waals surface area contributed by atoms with E-state index in [0.29, 0.717) is 29.3 Å². The van der Waals surface area contributed by atoms with Gasteiger partial charge in [-0.25, -0.2) is 8.42 Å². The Morgan fingerprint density at radius 2 is 1.48 bits per heavy atom. The number of carbonyl (C=O) groups excluding carboxylic acids is 2. The largest absolute Gasteiger partial charge is 0.493 e. The number of hydrogen-bond donors (Lipinski definition) is 1. The molecule has 2 amide bonds. The number of methoxy groups -OCH3 is 2. The second-order valence-electron chi connectivity index (χ2n) is 10.5. The van der Waals surface area contributed by atoms with Gasteiger partial charge in [-0.2, -0.15) is 0 Å². The maximum atomic E-state index is 14.5. The topological polar surface area (TPSA) is 105 Å². The fourth-order valence-electron chi connectivity index (χ4n) is 4.98. The molecular weight excluding hydrogens is 626 g/mol. The molecule has 0 heterocycles. The normalized spacial score (nSPS) is 11.7. The highest BCUT2D eigenvalue weighted by Crippen LogP contribution is 2.34. The predicted molar refractivity (Wildman–Crippen MR) is 180 cm³/mol. The van der Waals surface area contributed by atoms with Crippen LogP contribution in [0.3, 0.4) is 0 Å². The van der Waals surface area contributed by atoms with Crippen LogP contribution in [0.15, 0.2) is 108 Å². The molecular formula is C35H38ClN3O6S. The Hall–Kier alpha value is -4.54. The van der Waals surface area contributed by atoms with Crippen LogP contribution in [0, 0.1) is 0 Å². The number of rotatable bonds is 15. The highest BCUT2D eigenvalue weighted by Gasteiger charge is 2.35. The summed E-state index contributed by atoms with van der Waals surface area (Å²) in [5, 5.41) is 3.40. The maximum Gasteiger partial charge on any atom is 0.264 e. The Kier molecular flexibility index (Phi) is 12.1. The van der Waals surface area contributed by atoms with Crippen molar-refractivity contribution < 1.29 is 27.5 Å². The van der Waals surface area contributed by atoms with Gasteiger partial charge in [0.2, 0.25) is 11.8 Å². The van der Waals surface area contributed by atoms with Crippen molar-refractivity contribution in [1.29, 1.82) is 0 Å². The smallest absolute Gasteiger partial charge is 0.264 e. The lowest BCUT2D eigenvalue weighted by Crippen LogP contribution is -2.53. The standard InChI is InChI=1S/C35H38ClN3O6S/c1-4-20-37-35(41)31(22-26-12-7-5-8-13-26)38(24-27-14-11-15-28(36)21-27)34(40)25-39(46(42,43)30-16-9-6-10-17-30)29-18-19-32(44-2)33(23-29)45-3/h5-19,21,23,31H,4,20,22,24-25H2,1-3H3,(H,37,41)/t31-/m1/s1. The lowest BCUT2D eigenvalue weighted by atomic mass is 10.0. The van der Waals surface area contributed by atoms with Gasteiger partial charge in [-0.3, -0.25) is 13.9 Å². The zero-order chi connectivity index (χ0) is 33.1. The van der Waals surface area contributed by atoms with Gasteiger partial charge in [0.25, 0.3) is 10.0 Å². The molecule has 0 aliphatic rings. The lowest BCUT2D eigenvalue weighted by molar-refractivity contribution is -0.140. The highest BCUT2D eigenvalue weighted by atomic mass is 35.5. The molecule has 0 saturated heterocycles. The Labute approximate surface area is 275 Å². The van der Waals surface area contributed by atoms with Gasteiger partial charge < -0.3 is 19.7 Å². The van der Waals surface area contributed by atoms with Crippen LogP contribution in [-0.2, 0) is 32.6 Å². The second kappa shape index (κ2) is 16.1. The number of amides is 2. The van der Waals surface area contributed by atoms with Crippen LogP contribution in [-0.4, -0.2) is 58.5 Å². The molecule has 242 valence electrons. The van der Waals surface area contributed by atoms with E-state index in [1.165, 1.54) is 37.3 Å². The third-order valence-corrected chi connectivity index (χ3v) is 9.35. The average Bonchev–Trinajstić information content (AvgIpc) is 3.08. The number of halogens is 1. The lowest BCUT2D eigenvalue weighted by Gasteiger charge is -2.34. The highest BCUT2D eigenvalue weighted by molar-refractivity contribution is 7.92. The summed E-state index contributed by atoms with van der Waals surface area (Å²) in [7, 11) is -1.34. The number of carbonyl (C=O) groups is 2. The van der Waals surface area contributed by atoms with Crippen LogP contribution >= 0.6 is 11.6 Å². The van der Waals surface area contributed by atoms with Crippen LogP contribution in [0.25, 0.3) is 0 Å². The fourth-order valence-corrected chi connectivity index (χ4v) is 6.62. The van der Waals surface area contributed by atoms with Gasteiger partial charge in [-0.15, -0.1) is 0 Å². The molecule has 0 saturated carbocycles. The number of anilines is 1. The minimum Gasteiger partial charge on any atom is -0.493 e. The van der Waals surface area contributed by atoms with Crippen molar-refractivity contribution in [3.05, 3.63) is 119 Å². The van der Waals surface area contributed by atoms with Crippen LogP contribution in [0.1, 0.15) is 24.5 Å². The summed E-state index contributed by atoms with van der Waals surface area (Å²) in [6.07, 6.45) is 0.916. The molecule has 0 bridgehead atoms. The van der Waals surface area contributed by atoms with E-state index in [2.05, 4.69) is 5.32 Å². The van der Waals surface area contributed by atoms with Crippen LogP contribution in [0.4, 0.5) is 5.69 Å². The van der Waals surface area contributed by atoms with Gasteiger partial charge >= 0.3 is 0 Å². The summed E-state index contributed by atoms with van der Waals surface area (Å²) < 4.78 is 40.2. The Balaban J connectivity index is 1.83. The molecule has 4 aromatic rings. The van der Waals surface area contributed by atoms with E-state index in [9.17, 15) is 18.0 Å². The molecule has 0 unspecified atom stereocenters. The van der Waals surface area contributed by atoms with Crippen molar-refractivity contribution in [2.45, 2.75) is 37.2 Å². The Morgan fingerprint density at radius 1 is 0.826 bits per heavy atom. The molecule has 46 heavy (non-hydrogen) atoms. The van der Waals surface area contributed by atoms with Crippen molar-refractivity contribution in [3.8, 4) is 11.5 Å².